The highest BCUT2D eigenvalue weighted by atomic mass is 16.5. The molecule has 0 spiro atoms. The minimum Gasteiger partial charge on any atom is -0.494 e. The Kier molecular flexibility index (Phi) is 20.6. The molecule has 41 heavy (non-hydrogen) atoms. The average molecular weight is 563 g/mol. The molecule has 0 fully saturated rings. The number of allylic oxidation sites excluding steroid dienone is 7. The molecule has 0 saturated heterocycles. The third-order valence-corrected chi connectivity index (χ3v) is 6.27. The van der Waals surface area contributed by atoms with Crippen molar-refractivity contribution in [2.75, 3.05) is 13.2 Å². The van der Waals surface area contributed by atoms with Crippen LogP contribution in [-0.4, -0.2) is 19.1 Å². The van der Waals surface area contributed by atoms with Crippen LogP contribution in [-0.2, 0) is 16.1 Å². The fraction of sp³-hybridized carbons (Fsp3) is 0.486. The van der Waals surface area contributed by atoms with Crippen molar-refractivity contribution in [2.24, 2.45) is 23.7 Å². The molecular formula is C37H58N2O2. The number of ether oxygens (including phenoxy) is 1. The van der Waals surface area contributed by atoms with Gasteiger partial charge in [0.2, 0.25) is 5.91 Å². The Balaban J connectivity index is 0.000000880. The normalized spacial score (nSPS) is 13.4. The Morgan fingerprint density at radius 3 is 2.17 bits per heavy atom. The summed E-state index contributed by atoms with van der Waals surface area (Å²) in [5.74, 6) is 2.40. The summed E-state index contributed by atoms with van der Waals surface area (Å²) in [5, 5.41) is 6.52. The zero-order valence-corrected chi connectivity index (χ0v) is 27.3. The summed E-state index contributed by atoms with van der Waals surface area (Å²) in [6.45, 7) is 29.9. The lowest BCUT2D eigenvalue weighted by atomic mass is 9.94. The van der Waals surface area contributed by atoms with Gasteiger partial charge < -0.3 is 15.4 Å². The smallest absolute Gasteiger partial charge is 0.225 e. The number of nitrogens with one attached hydrogen (secondary N) is 2. The van der Waals surface area contributed by atoms with E-state index < -0.39 is 0 Å². The number of amides is 1. The molecule has 2 N–H and O–H groups in total. The third kappa shape index (κ3) is 20.3. The summed E-state index contributed by atoms with van der Waals surface area (Å²) in [6.07, 6.45) is 15.1. The SMILES string of the molecule is C=C(C)OCC1=CCC=CC=C1.C=C(NC[C@@H](CC(C)C)C(=O)NCc1ccc(C)cc1)C(C)CC(C)C.C=CC. The number of hydrogen-bond donors (Lipinski definition) is 2. The molecule has 0 aromatic heterocycles. The van der Waals surface area contributed by atoms with Crippen LogP contribution in [0.3, 0.4) is 0 Å². The molecule has 1 unspecified atom stereocenters. The number of rotatable bonds is 14. The van der Waals surface area contributed by atoms with Crippen molar-refractivity contribution < 1.29 is 9.53 Å². The summed E-state index contributed by atoms with van der Waals surface area (Å²) in [6, 6.07) is 8.30. The molecule has 228 valence electrons. The van der Waals surface area contributed by atoms with Crippen molar-refractivity contribution >= 4 is 5.91 Å². The Morgan fingerprint density at radius 1 is 1.00 bits per heavy atom. The Bertz CT molecular complexity index is 996. The van der Waals surface area contributed by atoms with Crippen molar-refractivity contribution in [3.63, 3.8) is 0 Å². The van der Waals surface area contributed by atoms with Crippen LogP contribution >= 0.6 is 0 Å². The number of benzene rings is 1. The van der Waals surface area contributed by atoms with Crippen LogP contribution in [0.1, 0.15) is 78.9 Å². The summed E-state index contributed by atoms with van der Waals surface area (Å²) in [4.78, 5) is 12.7. The molecule has 0 radical (unpaired) electrons. The van der Waals surface area contributed by atoms with Gasteiger partial charge in [-0.3, -0.25) is 4.79 Å². The molecule has 1 aliphatic rings. The number of aryl methyl sites for hydroxylation is 1. The van der Waals surface area contributed by atoms with Gasteiger partial charge in [-0.2, -0.15) is 0 Å². The van der Waals surface area contributed by atoms with Crippen molar-refractivity contribution in [1.82, 2.24) is 10.6 Å². The molecule has 1 aromatic rings. The molecule has 1 aliphatic carbocycles. The molecule has 4 heteroatoms. The summed E-state index contributed by atoms with van der Waals surface area (Å²) in [7, 11) is 0. The van der Waals surface area contributed by atoms with Crippen LogP contribution in [0.15, 0.2) is 97.5 Å². The third-order valence-electron chi connectivity index (χ3n) is 6.27. The first-order chi connectivity index (χ1) is 19.4. The molecule has 0 saturated carbocycles. The van der Waals surface area contributed by atoms with Crippen LogP contribution in [0.25, 0.3) is 0 Å². The molecule has 2 rings (SSSR count). The Hall–Kier alpha value is -3.27. The number of carbonyl (C=O) groups is 1. The molecular weight excluding hydrogens is 504 g/mol. The topological polar surface area (TPSA) is 50.4 Å². The Labute approximate surface area is 252 Å². The van der Waals surface area contributed by atoms with E-state index in [-0.39, 0.29) is 11.8 Å². The maximum Gasteiger partial charge on any atom is 0.225 e. The second-order valence-electron chi connectivity index (χ2n) is 11.7. The summed E-state index contributed by atoms with van der Waals surface area (Å²) >= 11 is 0. The van der Waals surface area contributed by atoms with Crippen LogP contribution in [0, 0.1) is 30.6 Å². The van der Waals surface area contributed by atoms with Crippen molar-refractivity contribution in [1.29, 1.82) is 0 Å². The van der Waals surface area contributed by atoms with Crippen LogP contribution < -0.4 is 10.6 Å². The van der Waals surface area contributed by atoms with Gasteiger partial charge >= 0.3 is 0 Å². The number of carbonyl (C=O) groups excluding carboxylic acids is 1. The minimum absolute atomic E-state index is 0.0385. The number of hydrogen-bond acceptors (Lipinski definition) is 3. The van der Waals surface area contributed by atoms with E-state index in [1.54, 1.807) is 6.08 Å². The van der Waals surface area contributed by atoms with Crippen molar-refractivity contribution in [2.45, 2.75) is 81.2 Å². The zero-order chi connectivity index (χ0) is 31.2. The van der Waals surface area contributed by atoms with Gasteiger partial charge in [-0.15, -0.1) is 6.58 Å². The highest BCUT2D eigenvalue weighted by Gasteiger charge is 2.20. The first-order valence-corrected chi connectivity index (χ1v) is 15.0. The van der Waals surface area contributed by atoms with Gasteiger partial charge in [0, 0.05) is 18.8 Å². The quantitative estimate of drug-likeness (QED) is 0.175. The second-order valence-corrected chi connectivity index (χ2v) is 11.7. The van der Waals surface area contributed by atoms with Crippen LogP contribution in [0.5, 0.6) is 0 Å². The minimum atomic E-state index is -0.0385. The maximum atomic E-state index is 12.7. The summed E-state index contributed by atoms with van der Waals surface area (Å²) in [5.41, 5.74) is 4.62. The van der Waals surface area contributed by atoms with E-state index in [2.05, 4.69) is 114 Å². The van der Waals surface area contributed by atoms with E-state index in [0.29, 0.717) is 37.5 Å². The average Bonchev–Trinajstić information content (AvgIpc) is 3.18. The molecule has 1 amide bonds. The van der Waals surface area contributed by atoms with E-state index >= 15 is 0 Å². The largest absolute Gasteiger partial charge is 0.494 e. The van der Waals surface area contributed by atoms with Gasteiger partial charge in [-0.1, -0.05) is 114 Å². The fourth-order valence-electron chi connectivity index (χ4n) is 4.11. The monoisotopic (exact) mass is 562 g/mol. The van der Waals surface area contributed by atoms with Crippen LogP contribution in [0.4, 0.5) is 0 Å². The first-order valence-electron chi connectivity index (χ1n) is 15.0. The zero-order valence-electron chi connectivity index (χ0n) is 27.3. The van der Waals surface area contributed by atoms with Gasteiger partial charge in [0.15, 0.2) is 0 Å². The van der Waals surface area contributed by atoms with E-state index in [1.165, 1.54) is 11.1 Å². The first kappa shape index (κ1) is 37.7. The van der Waals surface area contributed by atoms with Gasteiger partial charge in [0.1, 0.15) is 6.61 Å². The van der Waals surface area contributed by atoms with Gasteiger partial charge in [-0.25, -0.2) is 0 Å². The highest BCUT2D eigenvalue weighted by molar-refractivity contribution is 5.78. The van der Waals surface area contributed by atoms with E-state index in [4.69, 9.17) is 4.74 Å². The van der Waals surface area contributed by atoms with Crippen LogP contribution in [0.2, 0.25) is 0 Å². The van der Waals surface area contributed by atoms with E-state index in [9.17, 15) is 4.79 Å². The van der Waals surface area contributed by atoms with Crippen molar-refractivity contribution in [3.05, 3.63) is 109 Å². The predicted octanol–water partition coefficient (Wildman–Crippen LogP) is 9.23. The Morgan fingerprint density at radius 2 is 1.61 bits per heavy atom. The second kappa shape index (κ2) is 22.4. The molecule has 0 bridgehead atoms. The van der Waals surface area contributed by atoms with E-state index in [1.807, 2.05) is 26.0 Å². The standard InChI is InChI=1S/C23H38N2O.C11H14O.C3H6/c1-16(2)12-19(6)20(7)24-15-22(13-17(3)4)23(26)25-14-21-10-8-18(5)9-11-21;1-10(2)12-9-11-7-5-3-4-6-8-11;1-3-2/h8-11,16-17,19,22,24H,7,12-15H2,1-6H3,(H,25,26);3-5,7-8H,1,6,9H2,2H3;3H,1H2,2H3/t19?,22-;;/m1../s1. The maximum absolute atomic E-state index is 12.7. The molecule has 0 aliphatic heterocycles. The molecule has 2 atom stereocenters. The lowest BCUT2D eigenvalue weighted by Gasteiger charge is -2.23. The van der Waals surface area contributed by atoms with Gasteiger partial charge in [-0.05, 0) is 68.9 Å². The van der Waals surface area contributed by atoms with Crippen molar-refractivity contribution in [3.8, 4) is 0 Å². The lowest BCUT2D eigenvalue weighted by Crippen LogP contribution is -2.37. The molecule has 0 heterocycles. The lowest BCUT2D eigenvalue weighted by molar-refractivity contribution is -0.125. The van der Waals surface area contributed by atoms with Gasteiger partial charge in [0.05, 0.1) is 11.7 Å². The highest BCUT2D eigenvalue weighted by Crippen LogP contribution is 2.18. The fourth-order valence-corrected chi connectivity index (χ4v) is 4.11. The van der Waals surface area contributed by atoms with Gasteiger partial charge in [0.25, 0.3) is 0 Å². The predicted molar refractivity (Wildman–Crippen MR) is 179 cm³/mol. The van der Waals surface area contributed by atoms with E-state index in [0.717, 1.165) is 36.3 Å². The summed E-state index contributed by atoms with van der Waals surface area (Å²) < 4.78 is 5.30. The molecule has 1 aromatic carbocycles. The molecule has 4 nitrogen and oxygen atoms in total.